The van der Waals surface area contributed by atoms with E-state index in [0.717, 1.165) is 56.4 Å². The molecule has 0 amide bonds. The van der Waals surface area contributed by atoms with E-state index in [0.29, 0.717) is 5.92 Å². The quantitative estimate of drug-likeness (QED) is 0.142. The van der Waals surface area contributed by atoms with Crippen molar-refractivity contribution in [3.8, 4) is 67.5 Å². The first-order valence-electron chi connectivity index (χ1n) is 28.2. The standard InChI is InChI=1S/2C23H15N2.C18H14N.C14H14N.2Ir/c2*1-2-8-17(9-3-1)21-16-18(14-15-24-21)25-22-12-6-4-10-19(22)20-11-5-7-13-23(20)25;1-14-12-18(16-10-6-3-7-11-16)19-13-17(14)15-8-4-2-5-9-15;1-11(2)13-8-9-15-14(10-13)12-6-4-3-5-7-12;;/h2*1-8,10-16H;2-10,12-13H,1H3;3-6,8-11H,1-2H3;;/q4*-1;;. The van der Waals surface area contributed by atoms with Gasteiger partial charge in [0.25, 0.3) is 0 Å². The Morgan fingerprint density at radius 3 is 1.03 bits per heavy atom. The van der Waals surface area contributed by atoms with Crippen LogP contribution in [0.4, 0.5) is 0 Å². The number of fused-ring (bicyclic) bond motifs is 6. The molecule has 0 N–H and O–H groups in total. The summed E-state index contributed by atoms with van der Waals surface area (Å²) in [6, 6.07) is 104. The minimum absolute atomic E-state index is 0. The summed E-state index contributed by atoms with van der Waals surface area (Å²) in [4.78, 5) is 18.0. The second kappa shape index (κ2) is 28.4. The molecule has 15 aromatic rings. The minimum atomic E-state index is 0. The van der Waals surface area contributed by atoms with Gasteiger partial charge in [-0.3, -0.25) is 0 Å². The summed E-state index contributed by atoms with van der Waals surface area (Å²) in [5, 5.41) is 5.07. The Balaban J connectivity index is 0.000000129. The molecule has 0 aliphatic heterocycles. The van der Waals surface area contributed by atoms with Gasteiger partial charge in [-0.25, -0.2) is 0 Å². The molecule has 9 aromatic carbocycles. The summed E-state index contributed by atoms with van der Waals surface area (Å²) < 4.78 is 4.61. The van der Waals surface area contributed by atoms with Crippen molar-refractivity contribution in [2.24, 2.45) is 0 Å². The largest absolute Gasteiger partial charge is 0.310 e. The van der Waals surface area contributed by atoms with Crippen molar-refractivity contribution in [1.29, 1.82) is 0 Å². The van der Waals surface area contributed by atoms with Gasteiger partial charge in [-0.05, 0) is 89.2 Å². The van der Waals surface area contributed by atoms with Gasteiger partial charge in [0.15, 0.2) is 0 Å². The molecule has 0 bridgehead atoms. The molecule has 0 unspecified atom stereocenters. The van der Waals surface area contributed by atoms with Crippen LogP contribution in [0.5, 0.6) is 0 Å². The van der Waals surface area contributed by atoms with Crippen LogP contribution in [0.2, 0.25) is 0 Å². The molecule has 0 atom stereocenters. The van der Waals surface area contributed by atoms with Crippen molar-refractivity contribution in [2.45, 2.75) is 26.7 Å². The second-order valence-corrected chi connectivity index (χ2v) is 20.5. The molecule has 0 saturated carbocycles. The van der Waals surface area contributed by atoms with E-state index >= 15 is 0 Å². The molecule has 0 aliphatic rings. The van der Waals surface area contributed by atoms with Crippen LogP contribution in [-0.2, 0) is 40.2 Å². The molecule has 6 heterocycles. The van der Waals surface area contributed by atoms with E-state index in [-0.39, 0.29) is 40.2 Å². The smallest absolute Gasteiger partial charge is 0.0540 e. The molecule has 8 heteroatoms. The van der Waals surface area contributed by atoms with E-state index in [1.54, 1.807) is 0 Å². The van der Waals surface area contributed by atoms with Crippen LogP contribution in [0.25, 0.3) is 111 Å². The molecule has 86 heavy (non-hydrogen) atoms. The van der Waals surface area contributed by atoms with Crippen LogP contribution in [0.3, 0.4) is 0 Å². The fraction of sp³-hybridized carbons (Fsp3) is 0.0513. The maximum absolute atomic E-state index is 4.55. The van der Waals surface area contributed by atoms with Crippen molar-refractivity contribution in [1.82, 2.24) is 29.1 Å². The number of para-hydroxylation sites is 4. The molecule has 0 aliphatic carbocycles. The second-order valence-electron chi connectivity index (χ2n) is 20.5. The number of nitrogens with zero attached hydrogens (tertiary/aromatic N) is 6. The maximum Gasteiger partial charge on any atom is 0.0540 e. The molecule has 0 saturated heterocycles. The Morgan fingerprint density at radius 1 is 0.337 bits per heavy atom. The van der Waals surface area contributed by atoms with Gasteiger partial charge in [0.1, 0.15) is 0 Å². The number of rotatable bonds is 8. The molecule has 6 aromatic heterocycles. The maximum atomic E-state index is 4.55. The first-order valence-corrected chi connectivity index (χ1v) is 28.2. The third-order valence-corrected chi connectivity index (χ3v) is 14.7. The summed E-state index contributed by atoms with van der Waals surface area (Å²) in [5.74, 6) is 0.537. The number of aryl methyl sites for hydroxylation is 1. The summed E-state index contributed by atoms with van der Waals surface area (Å²) in [7, 11) is 0. The molecule has 0 spiro atoms. The van der Waals surface area contributed by atoms with Gasteiger partial charge in [0.05, 0.1) is 22.1 Å². The summed E-state index contributed by atoms with van der Waals surface area (Å²) in [6.07, 6.45) is 7.55. The van der Waals surface area contributed by atoms with Crippen molar-refractivity contribution in [2.75, 3.05) is 0 Å². The molecule has 0 fully saturated rings. The average molecular weight is 1460 g/mol. The molecule has 422 valence electrons. The molecule has 6 nitrogen and oxygen atoms in total. The predicted octanol–water partition coefficient (Wildman–Crippen LogP) is 19.5. The summed E-state index contributed by atoms with van der Waals surface area (Å²) in [5.41, 5.74) is 19.9. The third-order valence-electron chi connectivity index (χ3n) is 14.7. The molecule has 15 rings (SSSR count). The minimum Gasteiger partial charge on any atom is -0.310 e. The fourth-order valence-corrected chi connectivity index (χ4v) is 10.6. The van der Waals surface area contributed by atoms with Crippen molar-refractivity contribution in [3.05, 3.63) is 327 Å². The van der Waals surface area contributed by atoms with Crippen LogP contribution >= 0.6 is 0 Å². The van der Waals surface area contributed by atoms with Gasteiger partial charge in [-0.1, -0.05) is 147 Å². The van der Waals surface area contributed by atoms with E-state index in [1.807, 2.05) is 140 Å². The topological polar surface area (TPSA) is 61.4 Å². The number of benzene rings is 9. The first kappa shape index (κ1) is 59.6. The van der Waals surface area contributed by atoms with Crippen molar-refractivity contribution in [3.63, 3.8) is 0 Å². The first-order chi connectivity index (χ1) is 41.4. The predicted molar refractivity (Wildman–Crippen MR) is 347 cm³/mol. The van der Waals surface area contributed by atoms with Crippen LogP contribution in [0.1, 0.15) is 30.9 Å². The van der Waals surface area contributed by atoms with Crippen LogP contribution in [0.15, 0.2) is 292 Å². The molecular weight excluding hydrogens is 1410 g/mol. The van der Waals surface area contributed by atoms with Gasteiger partial charge >= 0.3 is 0 Å². The zero-order chi connectivity index (χ0) is 57.0. The average Bonchev–Trinajstić information content (AvgIpc) is 1.80. The van der Waals surface area contributed by atoms with E-state index in [9.17, 15) is 0 Å². The number of hydrogen-bond donors (Lipinski definition) is 0. The van der Waals surface area contributed by atoms with Gasteiger partial charge in [-0.2, -0.15) is 0 Å². The Labute approximate surface area is 530 Å². The van der Waals surface area contributed by atoms with E-state index in [4.69, 9.17) is 0 Å². The molecule has 2 radical (unpaired) electrons. The van der Waals surface area contributed by atoms with Gasteiger partial charge in [0.2, 0.25) is 0 Å². The Hall–Kier alpha value is -9.52. The summed E-state index contributed by atoms with van der Waals surface area (Å²) in [6.45, 7) is 6.50. The van der Waals surface area contributed by atoms with Crippen LogP contribution in [0, 0.1) is 31.2 Å². The van der Waals surface area contributed by atoms with E-state index < -0.39 is 0 Å². The number of hydrogen-bond acceptors (Lipinski definition) is 4. The summed E-state index contributed by atoms with van der Waals surface area (Å²) >= 11 is 0. The van der Waals surface area contributed by atoms with Gasteiger partial charge in [-0.15, -0.1) is 144 Å². The number of aromatic nitrogens is 6. The van der Waals surface area contributed by atoms with Crippen molar-refractivity contribution < 1.29 is 40.2 Å². The van der Waals surface area contributed by atoms with E-state index in [2.05, 4.69) is 226 Å². The van der Waals surface area contributed by atoms with Crippen molar-refractivity contribution >= 4 is 43.6 Å². The van der Waals surface area contributed by atoms with E-state index in [1.165, 1.54) is 65.9 Å². The van der Waals surface area contributed by atoms with Crippen LogP contribution in [-0.4, -0.2) is 29.1 Å². The zero-order valence-electron chi connectivity index (χ0n) is 47.6. The Kier molecular flexibility index (Phi) is 19.7. The number of pyridine rings is 4. The third kappa shape index (κ3) is 13.4. The normalized spacial score (nSPS) is 10.7. The van der Waals surface area contributed by atoms with Gasteiger partial charge in [0, 0.05) is 103 Å². The SMILES string of the molecule is CC(C)c1ccnc(-c2[c-]cccc2)c1.Cc1cc(-c2[c-]cccc2)ncc1-c1ccccc1.[Ir].[Ir].[c-]1ccccc1-c1cc(-n2c3ccccc3c3ccccc32)ccn1.[c-]1ccccc1-c1cc(-n2c3ccccc3c3ccccc32)ccn1. The fourth-order valence-electron chi connectivity index (χ4n) is 10.6. The Morgan fingerprint density at radius 2 is 0.674 bits per heavy atom. The van der Waals surface area contributed by atoms with Gasteiger partial charge < -0.3 is 29.1 Å². The Bertz CT molecular complexity index is 4340. The van der Waals surface area contributed by atoms with Crippen LogP contribution < -0.4 is 0 Å². The monoisotopic (exact) mass is 1460 g/mol. The zero-order valence-corrected chi connectivity index (χ0v) is 52.4. The molecular formula is C78H58Ir2N6-4.